The van der Waals surface area contributed by atoms with E-state index in [2.05, 4.69) is 10.3 Å². The molecular formula is C14H16N2O2. The largest absolute Gasteiger partial charge is 0.376 e. The van der Waals surface area contributed by atoms with Gasteiger partial charge in [-0.25, -0.2) is 0 Å². The molecule has 3 rings (SSSR count). The molecule has 1 amide bonds. The predicted octanol–water partition coefficient (Wildman–Crippen LogP) is 2.08. The van der Waals surface area contributed by atoms with Gasteiger partial charge in [0.2, 0.25) is 0 Å². The second-order valence-corrected chi connectivity index (χ2v) is 4.59. The van der Waals surface area contributed by atoms with Gasteiger partial charge in [-0.3, -0.25) is 4.79 Å². The van der Waals surface area contributed by atoms with E-state index in [4.69, 9.17) is 4.74 Å². The molecule has 1 unspecified atom stereocenters. The first-order chi connectivity index (χ1) is 8.84. The molecule has 0 bridgehead atoms. The average Bonchev–Trinajstić information content (AvgIpc) is 3.05. The molecule has 94 valence electrons. The van der Waals surface area contributed by atoms with Crippen molar-refractivity contribution >= 4 is 16.8 Å². The third-order valence-electron chi connectivity index (χ3n) is 3.35. The second-order valence-electron chi connectivity index (χ2n) is 4.59. The highest BCUT2D eigenvalue weighted by Gasteiger charge is 2.17. The normalized spacial score (nSPS) is 19.2. The molecule has 1 aliphatic heterocycles. The van der Waals surface area contributed by atoms with Crippen LogP contribution in [0.5, 0.6) is 0 Å². The minimum atomic E-state index is -0.0318. The van der Waals surface area contributed by atoms with Crippen molar-refractivity contribution in [2.45, 2.75) is 18.9 Å². The Hall–Kier alpha value is -1.81. The van der Waals surface area contributed by atoms with Crippen LogP contribution in [-0.2, 0) is 4.74 Å². The number of benzene rings is 1. The zero-order valence-corrected chi connectivity index (χ0v) is 10.1. The van der Waals surface area contributed by atoms with Gasteiger partial charge in [0.1, 0.15) is 0 Å². The van der Waals surface area contributed by atoms with Crippen molar-refractivity contribution in [3.8, 4) is 0 Å². The number of carbonyl (C=O) groups is 1. The minimum Gasteiger partial charge on any atom is -0.376 e. The maximum Gasteiger partial charge on any atom is 0.252 e. The van der Waals surface area contributed by atoms with Gasteiger partial charge in [0, 0.05) is 35.8 Å². The van der Waals surface area contributed by atoms with E-state index in [1.54, 1.807) is 0 Å². The lowest BCUT2D eigenvalue weighted by atomic mass is 10.1. The number of rotatable bonds is 3. The van der Waals surface area contributed by atoms with Gasteiger partial charge in [-0.1, -0.05) is 6.07 Å². The Bertz CT molecular complexity index is 556. The van der Waals surface area contributed by atoms with Gasteiger partial charge >= 0.3 is 0 Å². The first kappa shape index (κ1) is 11.3. The molecule has 4 heteroatoms. The van der Waals surface area contributed by atoms with Crippen LogP contribution in [0.1, 0.15) is 23.2 Å². The fraction of sp³-hybridized carbons (Fsp3) is 0.357. The number of fused-ring (bicyclic) bond motifs is 1. The van der Waals surface area contributed by atoms with Gasteiger partial charge in [0.05, 0.1) is 6.10 Å². The summed E-state index contributed by atoms with van der Waals surface area (Å²) < 4.78 is 5.49. The predicted molar refractivity (Wildman–Crippen MR) is 69.6 cm³/mol. The van der Waals surface area contributed by atoms with E-state index in [0.29, 0.717) is 12.1 Å². The summed E-state index contributed by atoms with van der Waals surface area (Å²) in [5, 5.41) is 3.91. The molecule has 4 nitrogen and oxygen atoms in total. The van der Waals surface area contributed by atoms with Crippen molar-refractivity contribution in [3.63, 3.8) is 0 Å². The highest BCUT2D eigenvalue weighted by atomic mass is 16.5. The van der Waals surface area contributed by atoms with Crippen molar-refractivity contribution in [1.29, 1.82) is 0 Å². The lowest BCUT2D eigenvalue weighted by molar-refractivity contribution is 0.0859. The van der Waals surface area contributed by atoms with Crippen molar-refractivity contribution in [2.75, 3.05) is 13.2 Å². The first-order valence-electron chi connectivity index (χ1n) is 6.30. The van der Waals surface area contributed by atoms with Gasteiger partial charge in [-0.15, -0.1) is 0 Å². The third kappa shape index (κ3) is 2.11. The molecule has 1 aromatic carbocycles. The molecule has 0 aliphatic carbocycles. The summed E-state index contributed by atoms with van der Waals surface area (Å²) in [5.41, 5.74) is 1.70. The number of aromatic amines is 1. The van der Waals surface area contributed by atoms with Gasteiger partial charge in [0.25, 0.3) is 5.91 Å². The summed E-state index contributed by atoms with van der Waals surface area (Å²) in [7, 11) is 0. The molecule has 1 saturated heterocycles. The lowest BCUT2D eigenvalue weighted by Gasteiger charge is -2.11. The van der Waals surface area contributed by atoms with E-state index in [9.17, 15) is 4.79 Å². The average molecular weight is 244 g/mol. The Labute approximate surface area is 105 Å². The van der Waals surface area contributed by atoms with Gasteiger partial charge in [0.15, 0.2) is 0 Å². The lowest BCUT2D eigenvalue weighted by Crippen LogP contribution is -2.31. The van der Waals surface area contributed by atoms with E-state index < -0.39 is 0 Å². The first-order valence-corrected chi connectivity index (χ1v) is 6.30. The topological polar surface area (TPSA) is 54.1 Å². The summed E-state index contributed by atoms with van der Waals surface area (Å²) in [6.07, 6.45) is 4.16. The molecule has 2 N–H and O–H groups in total. The van der Waals surface area contributed by atoms with Crippen molar-refractivity contribution in [1.82, 2.24) is 10.3 Å². The number of hydrogen-bond donors (Lipinski definition) is 2. The molecule has 1 atom stereocenters. The molecule has 0 radical (unpaired) electrons. The fourth-order valence-electron chi connectivity index (χ4n) is 2.39. The molecule has 18 heavy (non-hydrogen) atoms. The summed E-state index contributed by atoms with van der Waals surface area (Å²) in [5.74, 6) is -0.0318. The summed E-state index contributed by atoms with van der Waals surface area (Å²) in [6, 6.07) is 7.63. The van der Waals surface area contributed by atoms with E-state index >= 15 is 0 Å². The minimum absolute atomic E-state index is 0.0318. The van der Waals surface area contributed by atoms with E-state index in [1.165, 1.54) is 0 Å². The Morgan fingerprint density at radius 1 is 1.44 bits per heavy atom. The van der Waals surface area contributed by atoms with Crippen molar-refractivity contribution in [3.05, 3.63) is 36.0 Å². The van der Waals surface area contributed by atoms with Gasteiger partial charge in [-0.2, -0.15) is 0 Å². The zero-order chi connectivity index (χ0) is 12.4. The number of hydrogen-bond acceptors (Lipinski definition) is 2. The highest BCUT2D eigenvalue weighted by molar-refractivity contribution is 6.06. The van der Waals surface area contributed by atoms with Crippen LogP contribution in [0, 0.1) is 0 Å². The number of amides is 1. The van der Waals surface area contributed by atoms with E-state index in [0.717, 1.165) is 30.4 Å². The smallest absolute Gasteiger partial charge is 0.252 e. The van der Waals surface area contributed by atoms with Crippen LogP contribution in [-0.4, -0.2) is 30.1 Å². The summed E-state index contributed by atoms with van der Waals surface area (Å²) >= 11 is 0. The Kier molecular flexibility index (Phi) is 3.02. The molecule has 1 aromatic heterocycles. The molecule has 1 aliphatic rings. The SMILES string of the molecule is O=C(NCC1CCCO1)c1cccc2[nH]ccc12. The zero-order valence-electron chi connectivity index (χ0n) is 10.1. The second kappa shape index (κ2) is 4.82. The molecule has 0 spiro atoms. The van der Waals surface area contributed by atoms with Crippen LogP contribution < -0.4 is 5.32 Å². The maximum atomic E-state index is 12.1. The van der Waals surface area contributed by atoms with Crippen LogP contribution in [0.15, 0.2) is 30.5 Å². The Morgan fingerprint density at radius 2 is 2.39 bits per heavy atom. The van der Waals surface area contributed by atoms with Gasteiger partial charge in [-0.05, 0) is 31.0 Å². The standard InChI is InChI=1S/C14H16N2O2/c17-14(16-9-10-3-2-8-18-10)12-4-1-5-13-11(12)6-7-15-13/h1,4-7,10,15H,2-3,8-9H2,(H,16,17). The number of carbonyl (C=O) groups excluding carboxylic acids is 1. The maximum absolute atomic E-state index is 12.1. The molecule has 2 aromatic rings. The van der Waals surface area contributed by atoms with E-state index in [-0.39, 0.29) is 12.0 Å². The number of H-pyrrole nitrogens is 1. The molecule has 0 saturated carbocycles. The van der Waals surface area contributed by atoms with Gasteiger partial charge < -0.3 is 15.0 Å². The number of ether oxygens (including phenoxy) is 1. The van der Waals surface area contributed by atoms with Crippen LogP contribution >= 0.6 is 0 Å². The number of nitrogens with one attached hydrogen (secondary N) is 2. The monoisotopic (exact) mass is 244 g/mol. The number of aromatic nitrogens is 1. The molecular weight excluding hydrogens is 228 g/mol. The summed E-state index contributed by atoms with van der Waals surface area (Å²) in [6.45, 7) is 1.41. The highest BCUT2D eigenvalue weighted by Crippen LogP contribution is 2.17. The van der Waals surface area contributed by atoms with Crippen molar-refractivity contribution < 1.29 is 9.53 Å². The van der Waals surface area contributed by atoms with Crippen LogP contribution in [0.25, 0.3) is 10.9 Å². The quantitative estimate of drug-likeness (QED) is 0.868. The Balaban J connectivity index is 1.73. The Morgan fingerprint density at radius 3 is 3.22 bits per heavy atom. The summed E-state index contributed by atoms with van der Waals surface area (Å²) in [4.78, 5) is 15.2. The third-order valence-corrected chi connectivity index (χ3v) is 3.35. The van der Waals surface area contributed by atoms with Crippen LogP contribution in [0.2, 0.25) is 0 Å². The van der Waals surface area contributed by atoms with Crippen LogP contribution in [0.3, 0.4) is 0 Å². The molecule has 2 heterocycles. The fourth-order valence-corrected chi connectivity index (χ4v) is 2.39. The van der Waals surface area contributed by atoms with E-state index in [1.807, 2.05) is 30.5 Å². The van der Waals surface area contributed by atoms with Crippen molar-refractivity contribution in [2.24, 2.45) is 0 Å². The molecule has 1 fully saturated rings. The van der Waals surface area contributed by atoms with Crippen LogP contribution in [0.4, 0.5) is 0 Å².